The number of aryl methyl sites for hydroxylation is 1. The van der Waals surface area contributed by atoms with E-state index in [0.717, 1.165) is 30.2 Å². The quantitative estimate of drug-likeness (QED) is 0.887. The second-order valence-corrected chi connectivity index (χ2v) is 5.11. The first-order chi connectivity index (χ1) is 10.3. The van der Waals surface area contributed by atoms with Crippen molar-refractivity contribution in [3.8, 4) is 11.5 Å². The highest BCUT2D eigenvalue weighted by molar-refractivity contribution is 5.45. The van der Waals surface area contributed by atoms with Gasteiger partial charge in [-0.1, -0.05) is 6.92 Å². The van der Waals surface area contributed by atoms with Gasteiger partial charge in [-0.3, -0.25) is 4.68 Å². The number of fused-ring (bicyclic) bond motifs is 1. The number of hydrogen-bond acceptors (Lipinski definition) is 4. The van der Waals surface area contributed by atoms with E-state index < -0.39 is 0 Å². The molecule has 0 saturated heterocycles. The fourth-order valence-electron chi connectivity index (χ4n) is 2.52. The molecule has 21 heavy (non-hydrogen) atoms. The van der Waals surface area contributed by atoms with Gasteiger partial charge >= 0.3 is 0 Å². The number of rotatable bonds is 6. The van der Waals surface area contributed by atoms with Crippen LogP contribution >= 0.6 is 0 Å². The lowest BCUT2D eigenvalue weighted by atomic mass is 10.1. The van der Waals surface area contributed by atoms with E-state index in [1.807, 2.05) is 29.2 Å². The van der Waals surface area contributed by atoms with E-state index in [-0.39, 0.29) is 0 Å². The van der Waals surface area contributed by atoms with Crippen LogP contribution in [0, 0.1) is 0 Å². The van der Waals surface area contributed by atoms with Gasteiger partial charge in [-0.05, 0) is 25.6 Å². The summed E-state index contributed by atoms with van der Waals surface area (Å²) in [5.74, 6) is 1.75. The molecule has 1 aliphatic heterocycles. The van der Waals surface area contributed by atoms with Crippen LogP contribution in [-0.2, 0) is 13.2 Å². The highest BCUT2D eigenvalue weighted by Gasteiger charge is 2.23. The first kappa shape index (κ1) is 13.9. The molecule has 1 aromatic carbocycles. The highest BCUT2D eigenvalue weighted by atomic mass is 16.5. The lowest BCUT2D eigenvalue weighted by Crippen LogP contribution is -2.21. The Balaban J connectivity index is 1.65. The van der Waals surface area contributed by atoms with Crippen LogP contribution in [0.2, 0.25) is 0 Å². The minimum Gasteiger partial charge on any atom is -0.491 e. The van der Waals surface area contributed by atoms with Gasteiger partial charge < -0.3 is 14.8 Å². The maximum Gasteiger partial charge on any atom is 0.128 e. The number of likely N-dealkylation sites (N-methyl/N-ethyl adjacent to an activating group) is 1. The summed E-state index contributed by atoms with van der Waals surface area (Å²) in [7, 11) is 0. The summed E-state index contributed by atoms with van der Waals surface area (Å²) in [5, 5.41) is 7.65. The fraction of sp³-hybridized carbons (Fsp3) is 0.438. The molecular weight excluding hydrogens is 266 g/mol. The van der Waals surface area contributed by atoms with Crippen molar-refractivity contribution in [3.63, 3.8) is 0 Å². The van der Waals surface area contributed by atoms with Gasteiger partial charge in [0.15, 0.2) is 0 Å². The third-order valence-electron chi connectivity index (χ3n) is 3.63. The molecule has 0 spiro atoms. The topological polar surface area (TPSA) is 48.3 Å². The lowest BCUT2D eigenvalue weighted by molar-refractivity contribution is 0.297. The molecule has 1 atom stereocenters. The van der Waals surface area contributed by atoms with Gasteiger partial charge in [-0.25, -0.2) is 0 Å². The summed E-state index contributed by atoms with van der Waals surface area (Å²) in [6.07, 6.45) is 3.85. The van der Waals surface area contributed by atoms with Crippen molar-refractivity contribution in [3.05, 3.63) is 41.7 Å². The Morgan fingerprint density at radius 3 is 3.10 bits per heavy atom. The minimum atomic E-state index is 0.293. The molecule has 1 unspecified atom stereocenters. The summed E-state index contributed by atoms with van der Waals surface area (Å²) in [6, 6.07) is 6.35. The predicted molar refractivity (Wildman–Crippen MR) is 80.6 cm³/mol. The van der Waals surface area contributed by atoms with Crippen molar-refractivity contribution >= 4 is 0 Å². The molecule has 1 aliphatic rings. The Labute approximate surface area is 124 Å². The zero-order chi connectivity index (χ0) is 14.7. The Bertz CT molecular complexity index is 609. The largest absolute Gasteiger partial charge is 0.491 e. The molecule has 0 fully saturated rings. The molecule has 112 valence electrons. The molecule has 0 aliphatic carbocycles. The van der Waals surface area contributed by atoms with E-state index in [1.54, 1.807) is 0 Å². The van der Waals surface area contributed by atoms with E-state index in [0.29, 0.717) is 19.3 Å². The average Bonchev–Trinajstić information content (AvgIpc) is 3.12. The number of benzene rings is 1. The summed E-state index contributed by atoms with van der Waals surface area (Å²) in [6.45, 7) is 7.19. The molecule has 2 heterocycles. The van der Waals surface area contributed by atoms with Crippen molar-refractivity contribution in [2.75, 3.05) is 13.2 Å². The first-order valence-electron chi connectivity index (χ1n) is 7.44. The Morgan fingerprint density at radius 1 is 1.43 bits per heavy atom. The molecule has 1 N–H and O–H groups in total. The Kier molecular flexibility index (Phi) is 4.10. The minimum absolute atomic E-state index is 0.293. The van der Waals surface area contributed by atoms with Crippen LogP contribution in [0.25, 0.3) is 0 Å². The molecule has 0 saturated carbocycles. The zero-order valence-electron chi connectivity index (χ0n) is 12.5. The van der Waals surface area contributed by atoms with Gasteiger partial charge in [0, 0.05) is 29.9 Å². The Morgan fingerprint density at radius 2 is 2.33 bits per heavy atom. The maximum atomic E-state index is 5.82. The van der Waals surface area contributed by atoms with E-state index in [2.05, 4.69) is 30.3 Å². The second-order valence-electron chi connectivity index (χ2n) is 5.11. The summed E-state index contributed by atoms with van der Waals surface area (Å²) in [5.41, 5.74) is 2.28. The molecule has 5 nitrogen and oxygen atoms in total. The van der Waals surface area contributed by atoms with Crippen molar-refractivity contribution < 1.29 is 9.47 Å². The van der Waals surface area contributed by atoms with Crippen molar-refractivity contribution in [1.82, 2.24) is 15.1 Å². The van der Waals surface area contributed by atoms with E-state index >= 15 is 0 Å². The monoisotopic (exact) mass is 287 g/mol. The SMILES string of the molecule is CCNC1COc2cc(OCc3cnn(CC)c3)ccc21. The van der Waals surface area contributed by atoms with E-state index in [4.69, 9.17) is 9.47 Å². The van der Waals surface area contributed by atoms with Gasteiger partial charge in [0.1, 0.15) is 24.7 Å². The van der Waals surface area contributed by atoms with Crippen LogP contribution in [0.5, 0.6) is 11.5 Å². The summed E-state index contributed by atoms with van der Waals surface area (Å²) in [4.78, 5) is 0. The van der Waals surface area contributed by atoms with Crippen LogP contribution in [0.15, 0.2) is 30.6 Å². The van der Waals surface area contributed by atoms with E-state index in [1.165, 1.54) is 5.56 Å². The molecule has 5 heteroatoms. The molecule has 1 aromatic heterocycles. The molecular formula is C16H21N3O2. The molecule has 2 aromatic rings. The van der Waals surface area contributed by atoms with E-state index in [9.17, 15) is 0 Å². The molecule has 0 amide bonds. The maximum absolute atomic E-state index is 5.82. The fourth-order valence-corrected chi connectivity index (χ4v) is 2.52. The smallest absolute Gasteiger partial charge is 0.128 e. The van der Waals surface area contributed by atoms with Gasteiger partial charge in [-0.2, -0.15) is 5.10 Å². The third kappa shape index (κ3) is 3.03. The third-order valence-corrected chi connectivity index (χ3v) is 3.63. The number of nitrogens with one attached hydrogen (secondary N) is 1. The standard InChI is InChI=1S/C16H21N3O2/c1-3-17-15-11-21-16-7-13(5-6-14(15)16)20-10-12-8-18-19(4-2)9-12/h5-9,15,17H,3-4,10-11H2,1-2H3. The van der Waals surface area contributed by atoms with Crippen molar-refractivity contribution in [1.29, 1.82) is 0 Å². The highest BCUT2D eigenvalue weighted by Crippen LogP contribution is 2.35. The van der Waals surface area contributed by atoms with Crippen molar-refractivity contribution in [2.24, 2.45) is 0 Å². The molecule has 0 bridgehead atoms. The van der Waals surface area contributed by atoms with Gasteiger partial charge in [0.2, 0.25) is 0 Å². The van der Waals surface area contributed by atoms with Crippen LogP contribution in [-0.4, -0.2) is 22.9 Å². The number of ether oxygens (including phenoxy) is 2. The normalized spacial score (nSPS) is 16.6. The summed E-state index contributed by atoms with van der Waals surface area (Å²) < 4.78 is 13.4. The van der Waals surface area contributed by atoms with Crippen LogP contribution in [0.4, 0.5) is 0 Å². The van der Waals surface area contributed by atoms with Crippen molar-refractivity contribution in [2.45, 2.75) is 33.0 Å². The molecule has 0 radical (unpaired) electrons. The number of nitrogens with zero attached hydrogens (tertiary/aromatic N) is 2. The van der Waals surface area contributed by atoms with Crippen LogP contribution in [0.3, 0.4) is 0 Å². The van der Waals surface area contributed by atoms with Gasteiger partial charge in [0.05, 0.1) is 12.2 Å². The first-order valence-corrected chi connectivity index (χ1v) is 7.44. The second kappa shape index (κ2) is 6.18. The molecule has 3 rings (SSSR count). The summed E-state index contributed by atoms with van der Waals surface area (Å²) >= 11 is 0. The number of aromatic nitrogens is 2. The van der Waals surface area contributed by atoms with Gasteiger partial charge in [0.25, 0.3) is 0 Å². The van der Waals surface area contributed by atoms with Crippen LogP contribution in [0.1, 0.15) is 31.0 Å². The predicted octanol–water partition coefficient (Wildman–Crippen LogP) is 2.53. The average molecular weight is 287 g/mol. The number of hydrogen-bond donors (Lipinski definition) is 1. The lowest BCUT2D eigenvalue weighted by Gasteiger charge is -2.09. The van der Waals surface area contributed by atoms with Gasteiger partial charge in [-0.15, -0.1) is 0 Å². The zero-order valence-corrected chi connectivity index (χ0v) is 12.5. The van der Waals surface area contributed by atoms with Crippen LogP contribution < -0.4 is 14.8 Å². The Hall–Kier alpha value is -2.01.